The van der Waals surface area contributed by atoms with Crippen LogP contribution in [0, 0.1) is 20.8 Å². The van der Waals surface area contributed by atoms with Gasteiger partial charge in [-0.05, 0) is 115 Å². The van der Waals surface area contributed by atoms with Crippen molar-refractivity contribution in [3.63, 3.8) is 0 Å². The lowest BCUT2D eigenvalue weighted by Gasteiger charge is -2.03. The largest absolute Gasteiger partial charge is 0.481 e. The number of carbonyl (C=O) groups is 4. The van der Waals surface area contributed by atoms with Crippen LogP contribution in [-0.2, 0) is 51.3 Å². The molecule has 0 atom stereocenters. The van der Waals surface area contributed by atoms with Crippen LogP contribution in [0.3, 0.4) is 0 Å². The second kappa shape index (κ2) is 13.7. The molecule has 5 rings (SSSR count). The smallest absolute Gasteiger partial charge is 0.307 e. The Morgan fingerprint density at radius 3 is 1.33 bits per heavy atom. The molecular formula is C36H40N4O8. The summed E-state index contributed by atoms with van der Waals surface area (Å²) in [6.07, 6.45) is 8.00. The number of aromatic nitrogens is 4. The van der Waals surface area contributed by atoms with E-state index in [0.29, 0.717) is 33.2 Å². The second-order valence-corrected chi connectivity index (χ2v) is 12.3. The van der Waals surface area contributed by atoms with Gasteiger partial charge in [0.15, 0.2) is 0 Å². The van der Waals surface area contributed by atoms with E-state index in [1.54, 1.807) is 12.2 Å². The Bertz CT molecular complexity index is 2210. The summed E-state index contributed by atoms with van der Waals surface area (Å²) in [6.45, 7) is 7.96. The van der Waals surface area contributed by atoms with Crippen LogP contribution in [0.5, 0.6) is 0 Å². The van der Waals surface area contributed by atoms with Gasteiger partial charge in [-0.2, -0.15) is 0 Å². The van der Waals surface area contributed by atoms with Crippen LogP contribution in [0.4, 0.5) is 0 Å². The highest BCUT2D eigenvalue weighted by atomic mass is 16.4. The molecule has 0 unspecified atom stereocenters. The Labute approximate surface area is 275 Å². The van der Waals surface area contributed by atoms with Gasteiger partial charge >= 0.3 is 23.9 Å². The molecule has 0 radical (unpaired) electrons. The summed E-state index contributed by atoms with van der Waals surface area (Å²) in [5.74, 6) is -4.03. The van der Waals surface area contributed by atoms with Crippen molar-refractivity contribution in [2.45, 2.75) is 79.1 Å². The molecule has 252 valence electrons. The van der Waals surface area contributed by atoms with Crippen molar-refractivity contribution in [2.24, 2.45) is 0 Å². The summed E-state index contributed by atoms with van der Waals surface area (Å²) in [6, 6.07) is 0. The zero-order chi connectivity index (χ0) is 34.9. The van der Waals surface area contributed by atoms with Gasteiger partial charge in [-0.15, -0.1) is 0 Å². The summed E-state index contributed by atoms with van der Waals surface area (Å²) in [4.78, 5) is 60.9. The van der Waals surface area contributed by atoms with Gasteiger partial charge in [0, 0.05) is 63.4 Å². The first-order valence-electron chi connectivity index (χ1n) is 15.9. The average Bonchev–Trinajstić information content (AvgIpc) is 3.67. The zero-order valence-corrected chi connectivity index (χ0v) is 27.4. The van der Waals surface area contributed by atoms with E-state index in [1.807, 2.05) is 32.9 Å². The molecule has 4 aromatic heterocycles. The molecule has 1 aliphatic heterocycles. The van der Waals surface area contributed by atoms with E-state index in [-0.39, 0.29) is 44.9 Å². The standard InChI is InChI=1S/C36H40N4O8/c1-5-20-17(2)25-13-26-18(3)21(6-9-33(41)42)29(38-26)15-31-23(8-11-35(45)46)24(12-36(47)48)32(40-31)16-30-22(7-10-34(43)44)19(4)27(39-30)14-28(20)37-25/h13-16,37-40H,5-12H2,1-4H3,(H,41,42)(H,43,44)(H,45,46)(H,47,48). The molecule has 48 heavy (non-hydrogen) atoms. The molecule has 12 nitrogen and oxygen atoms in total. The molecule has 8 bridgehead atoms. The van der Waals surface area contributed by atoms with E-state index in [4.69, 9.17) is 0 Å². The second-order valence-electron chi connectivity index (χ2n) is 12.3. The summed E-state index contributed by atoms with van der Waals surface area (Å²) in [5, 5.41) is 41.3. The summed E-state index contributed by atoms with van der Waals surface area (Å²) < 4.78 is 0. The highest BCUT2D eigenvalue weighted by Crippen LogP contribution is 2.24. The number of carboxylic acids is 4. The van der Waals surface area contributed by atoms with Gasteiger partial charge in [0.25, 0.3) is 0 Å². The first-order valence-corrected chi connectivity index (χ1v) is 15.9. The van der Waals surface area contributed by atoms with Crippen LogP contribution in [-0.4, -0.2) is 64.2 Å². The van der Waals surface area contributed by atoms with Gasteiger partial charge in [0.05, 0.1) is 6.42 Å². The lowest BCUT2D eigenvalue weighted by atomic mass is 10.0. The van der Waals surface area contributed by atoms with Crippen molar-refractivity contribution in [3.05, 3.63) is 88.7 Å². The Balaban J connectivity index is 1.95. The van der Waals surface area contributed by atoms with Crippen LogP contribution in [0.2, 0.25) is 0 Å². The number of aromatic amines is 4. The van der Waals surface area contributed by atoms with Gasteiger partial charge < -0.3 is 40.4 Å². The third-order valence-electron chi connectivity index (χ3n) is 9.24. The number of hydrogen-bond donors (Lipinski definition) is 8. The Kier molecular flexibility index (Phi) is 9.64. The van der Waals surface area contributed by atoms with Crippen molar-refractivity contribution in [2.75, 3.05) is 0 Å². The van der Waals surface area contributed by atoms with Gasteiger partial charge in [0.1, 0.15) is 0 Å². The maximum Gasteiger partial charge on any atom is 0.307 e. The van der Waals surface area contributed by atoms with E-state index in [0.717, 1.165) is 61.9 Å². The van der Waals surface area contributed by atoms with Gasteiger partial charge in [0.2, 0.25) is 0 Å². The number of carboxylic acid groups (broad SMARTS) is 4. The lowest BCUT2D eigenvalue weighted by molar-refractivity contribution is -0.138. The molecule has 0 spiro atoms. The Morgan fingerprint density at radius 1 is 0.479 bits per heavy atom. The molecular weight excluding hydrogens is 616 g/mol. The normalized spacial score (nSPS) is 12.1. The fourth-order valence-electron chi connectivity index (χ4n) is 6.72. The minimum atomic E-state index is -1.10. The SMILES string of the molecule is CCc1c(C)c2[nH]c1=Cc1[nH]c(c(CCC(=O)O)c1C)C=c1[nH]c(c(CCC(=O)O)c1CC(=O)O)=Cc1[nH]c(c(C)c1CCC(=O)O)C=2. The molecule has 8 N–H and O–H groups in total. The number of aliphatic carboxylic acids is 4. The number of H-pyrrole nitrogens is 4. The predicted molar refractivity (Wildman–Crippen MR) is 179 cm³/mol. The quantitative estimate of drug-likeness (QED) is 0.0989. The van der Waals surface area contributed by atoms with Crippen molar-refractivity contribution in [3.8, 4) is 0 Å². The van der Waals surface area contributed by atoms with Crippen LogP contribution in [0.15, 0.2) is 0 Å². The minimum Gasteiger partial charge on any atom is -0.481 e. The first kappa shape index (κ1) is 33.8. The fraction of sp³-hybridized carbons (Fsp3) is 0.333. The van der Waals surface area contributed by atoms with Crippen molar-refractivity contribution < 1.29 is 39.6 Å². The van der Waals surface area contributed by atoms with Crippen molar-refractivity contribution >= 4 is 48.2 Å². The molecule has 0 amide bonds. The summed E-state index contributed by atoms with van der Waals surface area (Å²) >= 11 is 0. The Morgan fingerprint density at radius 2 is 0.875 bits per heavy atom. The molecule has 0 fully saturated rings. The molecule has 0 saturated heterocycles. The summed E-state index contributed by atoms with van der Waals surface area (Å²) in [5.41, 5.74) is 9.19. The topological polar surface area (TPSA) is 212 Å². The van der Waals surface area contributed by atoms with Crippen molar-refractivity contribution in [1.29, 1.82) is 0 Å². The predicted octanol–water partition coefficient (Wildman–Crippen LogP) is 1.79. The number of nitrogens with one attached hydrogen (secondary N) is 4. The maximum atomic E-state index is 12.2. The van der Waals surface area contributed by atoms with Gasteiger partial charge in [-0.3, -0.25) is 19.2 Å². The number of fused-ring (bicyclic) bond motifs is 8. The monoisotopic (exact) mass is 656 g/mol. The van der Waals surface area contributed by atoms with Crippen molar-refractivity contribution in [1.82, 2.24) is 19.9 Å². The van der Waals surface area contributed by atoms with E-state index in [2.05, 4.69) is 26.9 Å². The van der Waals surface area contributed by atoms with Crippen LogP contribution < -0.4 is 21.4 Å². The van der Waals surface area contributed by atoms with E-state index in [9.17, 15) is 39.6 Å². The maximum absolute atomic E-state index is 12.2. The highest BCUT2D eigenvalue weighted by molar-refractivity contribution is 5.74. The Hall–Kier alpha value is -5.52. The first-order chi connectivity index (χ1) is 22.8. The number of rotatable bonds is 12. The molecule has 0 saturated carbocycles. The van der Waals surface area contributed by atoms with Crippen LogP contribution in [0.25, 0.3) is 24.3 Å². The molecule has 12 heteroatoms. The molecule has 0 aromatic carbocycles. The third kappa shape index (κ3) is 6.92. The molecule has 1 aliphatic rings. The highest BCUT2D eigenvalue weighted by Gasteiger charge is 2.20. The van der Waals surface area contributed by atoms with Gasteiger partial charge in [-0.25, -0.2) is 0 Å². The lowest BCUT2D eigenvalue weighted by Crippen LogP contribution is -2.15. The number of hydrogen-bond acceptors (Lipinski definition) is 4. The van der Waals surface area contributed by atoms with Crippen LogP contribution >= 0.6 is 0 Å². The molecule has 4 aromatic rings. The minimum absolute atomic E-state index is 0.0514. The third-order valence-corrected chi connectivity index (χ3v) is 9.24. The van der Waals surface area contributed by atoms with Crippen LogP contribution in [0.1, 0.15) is 93.5 Å². The van der Waals surface area contributed by atoms with Gasteiger partial charge in [-0.1, -0.05) is 6.92 Å². The summed E-state index contributed by atoms with van der Waals surface area (Å²) in [7, 11) is 0. The molecule has 5 heterocycles. The fourth-order valence-corrected chi connectivity index (χ4v) is 6.72. The molecule has 0 aliphatic carbocycles. The zero-order valence-electron chi connectivity index (χ0n) is 27.4. The van der Waals surface area contributed by atoms with E-state index in [1.165, 1.54) is 0 Å². The van der Waals surface area contributed by atoms with E-state index >= 15 is 0 Å². The van der Waals surface area contributed by atoms with E-state index < -0.39 is 23.9 Å². The average molecular weight is 657 g/mol.